The fraction of sp³-hybridized carbons (Fsp3) is 0.429. The number of ether oxygens (including phenoxy) is 1. The van der Waals surface area contributed by atoms with Crippen LogP contribution in [0.15, 0.2) is 35.1 Å². The molecule has 1 aliphatic heterocycles. The number of nitrogens with one attached hydrogen (secondary N) is 1. The highest BCUT2D eigenvalue weighted by atomic mass is 32.2. The van der Waals surface area contributed by atoms with Gasteiger partial charge in [0.05, 0.1) is 7.11 Å². The molecule has 1 fully saturated rings. The Morgan fingerprint density at radius 3 is 2.57 bits per heavy atom. The Hall–Kier alpha value is -1.42. The first-order valence-corrected chi connectivity index (χ1v) is 9.95. The summed E-state index contributed by atoms with van der Waals surface area (Å²) >= 11 is 0. The van der Waals surface area contributed by atoms with Crippen LogP contribution in [0.4, 0.5) is 0 Å². The summed E-state index contributed by atoms with van der Waals surface area (Å²) in [5.41, 5.74) is 0.904. The lowest BCUT2D eigenvalue weighted by atomic mass is 10.0. The van der Waals surface area contributed by atoms with Crippen LogP contribution in [0.2, 0.25) is 0 Å². The molecule has 0 saturated carbocycles. The second kappa shape index (κ2) is 6.60. The lowest BCUT2D eigenvalue weighted by Gasteiger charge is -2.38. The van der Waals surface area contributed by atoms with E-state index in [0.29, 0.717) is 5.75 Å². The maximum absolute atomic E-state index is 12.6. The highest BCUT2D eigenvalue weighted by molar-refractivity contribution is 7.92. The third kappa shape index (κ3) is 3.92. The maximum Gasteiger partial charge on any atom is 0.246 e. The van der Waals surface area contributed by atoms with Crippen LogP contribution < -0.4 is 9.46 Å². The van der Waals surface area contributed by atoms with Gasteiger partial charge in [-0.1, -0.05) is 12.6 Å². The molecule has 0 amide bonds. The van der Waals surface area contributed by atoms with Crippen LogP contribution in [-0.4, -0.2) is 47.9 Å². The minimum absolute atomic E-state index is 0.0593. The number of aryl methyl sites for hydroxylation is 1. The first kappa shape index (κ1) is 17.9. The lowest BCUT2D eigenvalue weighted by molar-refractivity contribution is 0.202. The molecule has 9 heteroatoms. The van der Waals surface area contributed by atoms with Crippen LogP contribution in [0.3, 0.4) is 0 Å². The standard InChI is InChI=1S/C14H20N2O5S2/c1-4-22(17,18)15-8-12-9-16(10-12)23(19,20)14-6-5-11(2)7-13(14)21-3/h4-7,12,15H,1,8-10H2,2-3H3. The molecule has 1 N–H and O–H groups in total. The van der Waals surface area contributed by atoms with Crippen LogP contribution in [0.5, 0.6) is 5.75 Å². The number of hydrogen-bond acceptors (Lipinski definition) is 5. The molecular formula is C14H20N2O5S2. The molecule has 1 aliphatic rings. The molecule has 1 heterocycles. The van der Waals surface area contributed by atoms with Crippen molar-refractivity contribution < 1.29 is 21.6 Å². The van der Waals surface area contributed by atoms with E-state index in [2.05, 4.69) is 11.3 Å². The van der Waals surface area contributed by atoms with Gasteiger partial charge < -0.3 is 4.74 Å². The summed E-state index contributed by atoms with van der Waals surface area (Å²) in [6, 6.07) is 4.91. The second-order valence-corrected chi connectivity index (χ2v) is 9.02. The smallest absolute Gasteiger partial charge is 0.246 e. The van der Waals surface area contributed by atoms with E-state index >= 15 is 0 Å². The summed E-state index contributed by atoms with van der Waals surface area (Å²) in [6.07, 6.45) is 0. The third-order valence-corrected chi connectivity index (χ3v) is 6.53. The van der Waals surface area contributed by atoms with Gasteiger partial charge in [0, 0.05) is 31.0 Å². The molecule has 2 rings (SSSR count). The van der Waals surface area contributed by atoms with Crippen molar-refractivity contribution in [2.24, 2.45) is 5.92 Å². The Morgan fingerprint density at radius 2 is 2.00 bits per heavy atom. The largest absolute Gasteiger partial charge is 0.495 e. The maximum atomic E-state index is 12.6. The predicted molar refractivity (Wildman–Crippen MR) is 87.1 cm³/mol. The molecule has 1 aromatic carbocycles. The van der Waals surface area contributed by atoms with Gasteiger partial charge in [-0.15, -0.1) is 0 Å². The fourth-order valence-electron chi connectivity index (χ4n) is 2.27. The highest BCUT2D eigenvalue weighted by Crippen LogP contribution is 2.31. The fourth-order valence-corrected chi connectivity index (χ4v) is 4.58. The van der Waals surface area contributed by atoms with Crippen molar-refractivity contribution in [2.45, 2.75) is 11.8 Å². The number of hydrogen-bond donors (Lipinski definition) is 1. The van der Waals surface area contributed by atoms with E-state index in [9.17, 15) is 16.8 Å². The molecule has 0 bridgehead atoms. The molecule has 0 unspecified atom stereocenters. The van der Waals surface area contributed by atoms with Crippen LogP contribution in [0.25, 0.3) is 0 Å². The van der Waals surface area contributed by atoms with E-state index in [4.69, 9.17) is 4.74 Å². The second-order valence-electron chi connectivity index (χ2n) is 5.40. The summed E-state index contributed by atoms with van der Waals surface area (Å²) in [7, 11) is -5.70. The number of rotatable bonds is 7. The summed E-state index contributed by atoms with van der Waals surface area (Å²) in [5, 5.41) is 0.831. The average molecular weight is 360 g/mol. The molecule has 128 valence electrons. The molecule has 1 saturated heterocycles. The van der Waals surface area contributed by atoms with E-state index in [0.717, 1.165) is 11.0 Å². The minimum atomic E-state index is -3.64. The van der Waals surface area contributed by atoms with E-state index in [1.807, 2.05) is 6.92 Å². The van der Waals surface area contributed by atoms with E-state index in [1.165, 1.54) is 17.5 Å². The predicted octanol–water partition coefficient (Wildman–Crippen LogP) is 0.687. The molecule has 0 radical (unpaired) electrons. The van der Waals surface area contributed by atoms with Gasteiger partial charge in [0.15, 0.2) is 0 Å². The Balaban J connectivity index is 2.05. The zero-order valence-corrected chi connectivity index (χ0v) is 14.7. The molecular weight excluding hydrogens is 340 g/mol. The van der Waals surface area contributed by atoms with Crippen LogP contribution in [-0.2, 0) is 20.0 Å². The summed E-state index contributed by atoms with van der Waals surface area (Å²) in [4.78, 5) is 0.121. The number of nitrogens with zero attached hydrogens (tertiary/aromatic N) is 1. The quantitative estimate of drug-likeness (QED) is 0.772. The van der Waals surface area contributed by atoms with Crippen molar-refractivity contribution in [1.29, 1.82) is 0 Å². The van der Waals surface area contributed by atoms with E-state index in [-0.39, 0.29) is 30.4 Å². The van der Waals surface area contributed by atoms with E-state index in [1.54, 1.807) is 12.1 Å². The molecule has 0 aliphatic carbocycles. The van der Waals surface area contributed by atoms with Gasteiger partial charge in [-0.3, -0.25) is 0 Å². The Labute approximate surface area is 137 Å². The van der Waals surface area contributed by atoms with Gasteiger partial charge in [-0.25, -0.2) is 21.6 Å². The molecule has 23 heavy (non-hydrogen) atoms. The zero-order valence-electron chi connectivity index (χ0n) is 13.0. The van der Waals surface area contributed by atoms with Crippen molar-refractivity contribution >= 4 is 20.0 Å². The van der Waals surface area contributed by atoms with Gasteiger partial charge in [0.1, 0.15) is 10.6 Å². The molecule has 0 spiro atoms. The first-order valence-electron chi connectivity index (χ1n) is 6.96. The minimum Gasteiger partial charge on any atom is -0.495 e. The van der Waals surface area contributed by atoms with Crippen LogP contribution >= 0.6 is 0 Å². The zero-order chi connectivity index (χ0) is 17.3. The van der Waals surface area contributed by atoms with Crippen molar-refractivity contribution in [1.82, 2.24) is 9.03 Å². The summed E-state index contributed by atoms with van der Waals surface area (Å²) in [5.74, 6) is 0.247. The van der Waals surface area contributed by atoms with Crippen molar-refractivity contribution in [3.63, 3.8) is 0 Å². The van der Waals surface area contributed by atoms with E-state index < -0.39 is 20.0 Å². The highest BCUT2D eigenvalue weighted by Gasteiger charge is 2.38. The third-order valence-electron chi connectivity index (χ3n) is 3.65. The van der Waals surface area contributed by atoms with Gasteiger partial charge in [0.25, 0.3) is 0 Å². The normalized spacial score (nSPS) is 16.8. The molecule has 1 aromatic rings. The topological polar surface area (TPSA) is 92.8 Å². The molecule has 0 aromatic heterocycles. The number of sulfonamides is 2. The number of benzene rings is 1. The SMILES string of the molecule is C=CS(=O)(=O)NCC1CN(S(=O)(=O)c2ccc(C)cc2OC)C1. The number of methoxy groups -OCH3 is 1. The van der Waals surface area contributed by atoms with Crippen molar-refractivity contribution in [3.05, 3.63) is 35.7 Å². The van der Waals surface area contributed by atoms with Gasteiger partial charge in [0.2, 0.25) is 20.0 Å². The lowest BCUT2D eigenvalue weighted by Crippen LogP contribution is -2.53. The molecule has 0 atom stereocenters. The Morgan fingerprint density at radius 1 is 1.35 bits per heavy atom. The average Bonchev–Trinajstić information content (AvgIpc) is 2.44. The van der Waals surface area contributed by atoms with Gasteiger partial charge >= 0.3 is 0 Å². The monoisotopic (exact) mass is 360 g/mol. The van der Waals surface area contributed by atoms with Gasteiger partial charge in [-0.05, 0) is 24.6 Å². The van der Waals surface area contributed by atoms with Crippen molar-refractivity contribution in [2.75, 3.05) is 26.7 Å². The summed E-state index contributed by atoms with van der Waals surface area (Å²) < 4.78 is 56.6. The Kier molecular flexibility index (Phi) is 5.14. The van der Waals surface area contributed by atoms with Crippen LogP contribution in [0.1, 0.15) is 5.56 Å². The van der Waals surface area contributed by atoms with Gasteiger partial charge in [-0.2, -0.15) is 4.31 Å². The van der Waals surface area contributed by atoms with Crippen molar-refractivity contribution in [3.8, 4) is 5.75 Å². The first-order chi connectivity index (χ1) is 10.7. The van der Waals surface area contributed by atoms with Crippen LogP contribution in [0, 0.1) is 12.8 Å². The summed E-state index contributed by atoms with van der Waals surface area (Å²) in [6.45, 7) is 5.77. The Bertz CT molecular complexity index is 796. The molecule has 7 nitrogen and oxygen atoms in total.